The summed E-state index contributed by atoms with van der Waals surface area (Å²) in [6.07, 6.45) is 3.45. The molecule has 2 atom stereocenters. The molecule has 0 aliphatic carbocycles. The third kappa shape index (κ3) is 5.65. The van der Waals surface area contributed by atoms with E-state index in [2.05, 4.69) is 0 Å². The van der Waals surface area contributed by atoms with Crippen LogP contribution in [-0.2, 0) is 19.4 Å². The van der Waals surface area contributed by atoms with Crippen LogP contribution < -0.4 is 0 Å². The number of sulfone groups is 1. The van der Waals surface area contributed by atoms with Gasteiger partial charge >= 0.3 is 5.97 Å². The van der Waals surface area contributed by atoms with E-state index in [1.807, 2.05) is 13.8 Å². The highest BCUT2D eigenvalue weighted by Gasteiger charge is 2.33. The number of hydrogen-bond acceptors (Lipinski definition) is 4. The summed E-state index contributed by atoms with van der Waals surface area (Å²) in [7, 11) is -3.40. The Kier molecular flexibility index (Phi) is 6.64. The van der Waals surface area contributed by atoms with E-state index >= 15 is 0 Å². The molecule has 0 radical (unpaired) electrons. The molecule has 0 saturated carbocycles. The number of nitrogens with zero attached hydrogens (tertiary/aromatic N) is 1. The molecule has 0 bridgehead atoms. The number of amides is 1. The largest absolute Gasteiger partial charge is 0.481 e. The normalized spacial score (nSPS) is 23.0. The van der Waals surface area contributed by atoms with Crippen LogP contribution in [-0.4, -0.2) is 54.4 Å². The van der Waals surface area contributed by atoms with E-state index in [4.69, 9.17) is 5.11 Å². The molecule has 0 aromatic carbocycles. The molecule has 6 nitrogen and oxygen atoms in total. The fourth-order valence-electron chi connectivity index (χ4n) is 2.57. The average molecular weight is 319 g/mol. The Balaban J connectivity index is 2.62. The van der Waals surface area contributed by atoms with Crippen molar-refractivity contribution in [2.24, 2.45) is 5.92 Å². The van der Waals surface area contributed by atoms with Gasteiger partial charge < -0.3 is 10.0 Å². The van der Waals surface area contributed by atoms with E-state index in [9.17, 15) is 18.0 Å². The van der Waals surface area contributed by atoms with Gasteiger partial charge in [-0.25, -0.2) is 8.42 Å². The fraction of sp³-hybridized carbons (Fsp3) is 0.857. The Morgan fingerprint density at radius 3 is 2.48 bits per heavy atom. The standard InChI is InChI=1S/C14H25NO5S/c1-3-4-5-8-21(19,20)10-13(16)15-9-12(14(17)18)7-6-11(15)2/h11-12H,3-10H2,1-2H3,(H,17,18). The van der Waals surface area contributed by atoms with Crippen molar-refractivity contribution in [2.75, 3.05) is 18.1 Å². The van der Waals surface area contributed by atoms with Gasteiger partial charge in [0, 0.05) is 12.6 Å². The Hall–Kier alpha value is -1.11. The van der Waals surface area contributed by atoms with Crippen LogP contribution in [0, 0.1) is 5.92 Å². The van der Waals surface area contributed by atoms with Gasteiger partial charge in [-0.2, -0.15) is 0 Å². The van der Waals surface area contributed by atoms with Gasteiger partial charge in [0.2, 0.25) is 5.91 Å². The van der Waals surface area contributed by atoms with E-state index in [0.717, 1.165) is 12.8 Å². The fourth-order valence-corrected chi connectivity index (χ4v) is 3.90. The summed E-state index contributed by atoms with van der Waals surface area (Å²) in [6, 6.07) is -0.0982. The van der Waals surface area contributed by atoms with E-state index in [1.165, 1.54) is 4.90 Å². The zero-order valence-electron chi connectivity index (χ0n) is 12.7. The number of likely N-dealkylation sites (tertiary alicyclic amines) is 1. The maximum Gasteiger partial charge on any atom is 0.308 e. The first-order valence-electron chi connectivity index (χ1n) is 7.49. The Bertz CT molecular complexity index is 474. The topological polar surface area (TPSA) is 91.8 Å². The first-order chi connectivity index (χ1) is 9.76. The second kappa shape index (κ2) is 7.77. The third-order valence-electron chi connectivity index (χ3n) is 3.95. The van der Waals surface area contributed by atoms with Gasteiger partial charge in [0.15, 0.2) is 9.84 Å². The molecule has 2 unspecified atom stereocenters. The molecule has 1 rings (SSSR count). The van der Waals surface area contributed by atoms with Gasteiger partial charge in [-0.05, 0) is 26.2 Å². The SMILES string of the molecule is CCCCCS(=O)(=O)CC(=O)N1CC(C(=O)O)CCC1C. The summed E-state index contributed by atoms with van der Waals surface area (Å²) in [5, 5.41) is 9.04. The zero-order valence-corrected chi connectivity index (χ0v) is 13.6. The number of piperidine rings is 1. The Morgan fingerprint density at radius 1 is 1.24 bits per heavy atom. The molecule has 0 aromatic rings. The quantitative estimate of drug-likeness (QED) is 0.714. The minimum Gasteiger partial charge on any atom is -0.481 e. The summed E-state index contributed by atoms with van der Waals surface area (Å²) < 4.78 is 23.8. The molecule has 0 aromatic heterocycles. The van der Waals surface area contributed by atoms with E-state index in [1.54, 1.807) is 0 Å². The van der Waals surface area contributed by atoms with Gasteiger partial charge in [-0.3, -0.25) is 9.59 Å². The first kappa shape index (κ1) is 17.9. The number of carbonyl (C=O) groups excluding carboxylic acids is 1. The maximum absolute atomic E-state index is 12.2. The second-order valence-electron chi connectivity index (χ2n) is 5.81. The van der Waals surface area contributed by atoms with Gasteiger partial charge in [-0.15, -0.1) is 0 Å². The van der Waals surface area contributed by atoms with E-state index < -0.39 is 33.4 Å². The molecular weight excluding hydrogens is 294 g/mol. The van der Waals surface area contributed by atoms with Gasteiger partial charge in [-0.1, -0.05) is 19.8 Å². The van der Waals surface area contributed by atoms with E-state index in [0.29, 0.717) is 19.3 Å². The molecule has 21 heavy (non-hydrogen) atoms. The molecule has 1 heterocycles. The molecule has 1 amide bonds. The van der Waals surface area contributed by atoms with Crippen molar-refractivity contribution in [3.8, 4) is 0 Å². The highest BCUT2D eigenvalue weighted by Crippen LogP contribution is 2.22. The van der Waals surface area contributed by atoms with Crippen molar-refractivity contribution in [1.82, 2.24) is 4.90 Å². The number of unbranched alkanes of at least 4 members (excludes halogenated alkanes) is 2. The first-order valence-corrected chi connectivity index (χ1v) is 9.31. The number of hydrogen-bond donors (Lipinski definition) is 1. The average Bonchev–Trinajstić information content (AvgIpc) is 2.38. The smallest absolute Gasteiger partial charge is 0.308 e. The lowest BCUT2D eigenvalue weighted by atomic mass is 9.93. The van der Waals surface area contributed by atoms with E-state index in [-0.39, 0.29) is 18.3 Å². The predicted molar refractivity (Wildman–Crippen MR) is 79.7 cm³/mol. The molecule has 1 fully saturated rings. The summed E-state index contributed by atoms with van der Waals surface area (Å²) in [4.78, 5) is 24.6. The third-order valence-corrected chi connectivity index (χ3v) is 5.55. The van der Waals surface area contributed by atoms with Crippen LogP contribution in [0.2, 0.25) is 0 Å². The zero-order chi connectivity index (χ0) is 16.0. The van der Waals surface area contributed by atoms with Crippen LogP contribution in [0.3, 0.4) is 0 Å². The van der Waals surface area contributed by atoms with Crippen LogP contribution in [0.4, 0.5) is 0 Å². The monoisotopic (exact) mass is 319 g/mol. The second-order valence-corrected chi connectivity index (χ2v) is 7.99. The number of carboxylic acids is 1. The molecular formula is C14H25NO5S. The minimum absolute atomic E-state index is 0.0250. The Morgan fingerprint density at radius 2 is 1.90 bits per heavy atom. The maximum atomic E-state index is 12.2. The number of aliphatic carboxylic acids is 1. The van der Waals surface area contributed by atoms with Gasteiger partial charge in [0.25, 0.3) is 0 Å². The summed E-state index contributed by atoms with van der Waals surface area (Å²) in [5.41, 5.74) is 0. The lowest BCUT2D eigenvalue weighted by molar-refractivity contribution is -0.146. The van der Waals surface area contributed by atoms with Crippen molar-refractivity contribution >= 4 is 21.7 Å². The van der Waals surface area contributed by atoms with Crippen molar-refractivity contribution in [2.45, 2.75) is 52.0 Å². The minimum atomic E-state index is -3.40. The van der Waals surface area contributed by atoms with Gasteiger partial charge in [0.05, 0.1) is 11.7 Å². The van der Waals surface area contributed by atoms with Crippen molar-refractivity contribution in [1.29, 1.82) is 0 Å². The molecule has 122 valence electrons. The lowest BCUT2D eigenvalue weighted by Gasteiger charge is -2.36. The molecule has 0 spiro atoms. The molecule has 1 aliphatic rings. The van der Waals surface area contributed by atoms with Crippen LogP contribution >= 0.6 is 0 Å². The number of carboxylic acid groups (broad SMARTS) is 1. The lowest BCUT2D eigenvalue weighted by Crippen LogP contribution is -2.49. The van der Waals surface area contributed by atoms with Crippen LogP contribution in [0.1, 0.15) is 46.0 Å². The predicted octanol–water partition coefficient (Wildman–Crippen LogP) is 1.30. The highest BCUT2D eigenvalue weighted by atomic mass is 32.2. The van der Waals surface area contributed by atoms with Crippen molar-refractivity contribution in [3.63, 3.8) is 0 Å². The number of rotatable bonds is 7. The highest BCUT2D eigenvalue weighted by molar-refractivity contribution is 7.92. The Labute approximate surface area is 126 Å². The summed E-state index contributed by atoms with van der Waals surface area (Å²) in [5.74, 6) is -2.46. The molecule has 1 N–H and O–H groups in total. The molecule has 7 heteroatoms. The molecule has 1 saturated heterocycles. The van der Waals surface area contributed by atoms with Crippen LogP contribution in [0.5, 0.6) is 0 Å². The molecule has 1 aliphatic heterocycles. The van der Waals surface area contributed by atoms with Gasteiger partial charge in [0.1, 0.15) is 5.75 Å². The van der Waals surface area contributed by atoms with Crippen LogP contribution in [0.15, 0.2) is 0 Å². The van der Waals surface area contributed by atoms with Crippen molar-refractivity contribution < 1.29 is 23.1 Å². The van der Waals surface area contributed by atoms with Crippen LogP contribution in [0.25, 0.3) is 0 Å². The summed E-state index contributed by atoms with van der Waals surface area (Å²) in [6.45, 7) is 3.93. The number of carbonyl (C=O) groups is 2. The summed E-state index contributed by atoms with van der Waals surface area (Å²) >= 11 is 0. The van der Waals surface area contributed by atoms with Crippen molar-refractivity contribution in [3.05, 3.63) is 0 Å².